The average Bonchev–Trinajstić information content (AvgIpc) is 3.20. The first-order valence-corrected chi connectivity index (χ1v) is 11.3. The second-order valence-corrected chi connectivity index (χ2v) is 8.34. The van der Waals surface area contributed by atoms with Crippen LogP contribution in [0.2, 0.25) is 10.0 Å². The maximum absolute atomic E-state index is 14.0. The molecular weight excluding hydrogens is 501 g/mol. The molecule has 10 nitrogen and oxygen atoms in total. The minimum Gasteiger partial charge on any atom is -0.449 e. The second-order valence-electron chi connectivity index (χ2n) is 7.52. The smallest absolute Gasteiger partial charge is 0.425 e. The molecule has 0 aliphatic carbocycles. The van der Waals surface area contributed by atoms with Crippen molar-refractivity contribution >= 4 is 58.9 Å². The molecule has 12 heteroatoms. The van der Waals surface area contributed by atoms with Gasteiger partial charge in [0.25, 0.3) is 11.8 Å². The molecule has 2 heterocycles. The fourth-order valence-electron chi connectivity index (χ4n) is 4.18. The molecule has 2 aliphatic rings. The van der Waals surface area contributed by atoms with Gasteiger partial charge in [-0.3, -0.25) is 9.59 Å². The minimum atomic E-state index is -2.48. The molecule has 182 valence electrons. The average molecular weight is 520 g/mol. The van der Waals surface area contributed by atoms with Crippen LogP contribution in [0.5, 0.6) is 0 Å². The van der Waals surface area contributed by atoms with E-state index >= 15 is 0 Å². The lowest BCUT2D eigenvalue weighted by Crippen LogP contribution is -2.56. The third-order valence-corrected chi connectivity index (χ3v) is 6.33. The Bertz CT molecular complexity index is 1270. The zero-order chi connectivity index (χ0) is 25.5. The second kappa shape index (κ2) is 9.20. The molecule has 0 N–H and O–H groups in total. The van der Waals surface area contributed by atoms with Crippen LogP contribution in [0.25, 0.3) is 0 Å². The van der Waals surface area contributed by atoms with Crippen LogP contribution in [-0.2, 0) is 31.1 Å². The normalized spacial score (nSPS) is 19.0. The van der Waals surface area contributed by atoms with Crippen LogP contribution in [0.1, 0.15) is 25.0 Å². The first-order chi connectivity index (χ1) is 16.7. The summed E-state index contributed by atoms with van der Waals surface area (Å²) in [5, 5.41) is 0.572. The summed E-state index contributed by atoms with van der Waals surface area (Å²) < 4.78 is 9.84. The number of halogens is 2. The summed E-state index contributed by atoms with van der Waals surface area (Å²) in [5.41, 5.74) is -1.60. The number of hydrogen-bond acceptors (Lipinski definition) is 7. The zero-order valence-corrected chi connectivity index (χ0v) is 20.1. The number of carbonyl (C=O) groups excluding carboxylic acids is 5. The van der Waals surface area contributed by atoms with E-state index in [2.05, 4.69) is 0 Å². The van der Waals surface area contributed by atoms with Crippen molar-refractivity contribution in [1.82, 2.24) is 9.80 Å². The largest absolute Gasteiger partial charge is 0.449 e. The molecule has 1 spiro atoms. The van der Waals surface area contributed by atoms with Gasteiger partial charge in [-0.1, -0.05) is 47.5 Å². The van der Waals surface area contributed by atoms with Crippen LogP contribution in [0.15, 0.2) is 42.5 Å². The summed E-state index contributed by atoms with van der Waals surface area (Å²) in [6.07, 6.45) is -2.56. The zero-order valence-electron chi connectivity index (χ0n) is 18.6. The van der Waals surface area contributed by atoms with E-state index in [1.165, 1.54) is 24.8 Å². The predicted molar refractivity (Wildman–Crippen MR) is 124 cm³/mol. The fourth-order valence-corrected chi connectivity index (χ4v) is 4.50. The van der Waals surface area contributed by atoms with Crippen LogP contribution in [0.4, 0.5) is 20.1 Å². The number of imide groups is 4. The van der Waals surface area contributed by atoms with Gasteiger partial charge in [-0.15, -0.1) is 0 Å². The summed E-state index contributed by atoms with van der Waals surface area (Å²) in [6, 6.07) is 9.59. The quantitative estimate of drug-likeness (QED) is 0.436. The van der Waals surface area contributed by atoms with Gasteiger partial charge >= 0.3 is 18.2 Å². The highest BCUT2D eigenvalue weighted by Crippen LogP contribution is 2.49. The predicted octanol–water partition coefficient (Wildman–Crippen LogP) is 4.31. The lowest BCUT2D eigenvalue weighted by molar-refractivity contribution is -0.140. The van der Waals surface area contributed by atoms with Gasteiger partial charge in [-0.05, 0) is 37.6 Å². The van der Waals surface area contributed by atoms with E-state index in [1.54, 1.807) is 36.4 Å². The Labute approximate surface area is 209 Å². The maximum Gasteiger partial charge on any atom is 0.425 e. The molecule has 0 aromatic heterocycles. The van der Waals surface area contributed by atoms with E-state index < -0.39 is 35.6 Å². The molecule has 4 rings (SSSR count). The number of carbonyl (C=O) groups is 5. The van der Waals surface area contributed by atoms with Gasteiger partial charge in [-0.25, -0.2) is 14.4 Å². The van der Waals surface area contributed by atoms with Crippen LogP contribution >= 0.6 is 23.2 Å². The minimum absolute atomic E-state index is 0.0447. The number of urea groups is 1. The van der Waals surface area contributed by atoms with Gasteiger partial charge in [0.05, 0.1) is 35.5 Å². The van der Waals surface area contributed by atoms with Crippen molar-refractivity contribution in [2.45, 2.75) is 25.9 Å². The van der Waals surface area contributed by atoms with Gasteiger partial charge in [0, 0.05) is 5.56 Å². The number of benzene rings is 2. The Hall–Kier alpha value is -3.63. The number of anilines is 1. The monoisotopic (exact) mass is 519 g/mol. The van der Waals surface area contributed by atoms with E-state index in [9.17, 15) is 24.0 Å². The summed E-state index contributed by atoms with van der Waals surface area (Å²) in [6.45, 7) is 2.63. The number of nitrogens with zero attached hydrogens (tertiary/aromatic N) is 3. The van der Waals surface area contributed by atoms with Crippen molar-refractivity contribution in [2.75, 3.05) is 18.1 Å². The number of amides is 6. The fraction of sp³-hybridized carbons (Fsp3) is 0.261. The van der Waals surface area contributed by atoms with Crippen LogP contribution < -0.4 is 4.90 Å². The first-order valence-electron chi connectivity index (χ1n) is 10.6. The van der Waals surface area contributed by atoms with E-state index in [4.69, 9.17) is 32.7 Å². The topological polar surface area (TPSA) is 114 Å². The molecule has 2 aromatic carbocycles. The van der Waals surface area contributed by atoms with Gasteiger partial charge in [0.15, 0.2) is 0 Å². The lowest BCUT2D eigenvalue weighted by Gasteiger charge is -2.28. The highest BCUT2D eigenvalue weighted by atomic mass is 35.5. The Balaban J connectivity index is 1.89. The van der Waals surface area contributed by atoms with Crippen LogP contribution in [0.3, 0.4) is 0 Å². The van der Waals surface area contributed by atoms with Crippen molar-refractivity contribution in [3.8, 4) is 0 Å². The highest BCUT2D eigenvalue weighted by molar-refractivity contribution is 6.42. The maximum atomic E-state index is 14.0. The van der Waals surface area contributed by atoms with Gasteiger partial charge in [0.1, 0.15) is 0 Å². The highest BCUT2D eigenvalue weighted by Gasteiger charge is 2.72. The van der Waals surface area contributed by atoms with E-state index in [0.717, 1.165) is 0 Å². The summed E-state index contributed by atoms with van der Waals surface area (Å²) in [4.78, 5) is 68.2. The summed E-state index contributed by atoms with van der Waals surface area (Å²) >= 11 is 12.1. The first kappa shape index (κ1) is 24.5. The number of para-hydroxylation sites is 1. The van der Waals surface area contributed by atoms with Crippen molar-refractivity contribution < 1.29 is 33.4 Å². The summed E-state index contributed by atoms with van der Waals surface area (Å²) in [5.74, 6) is -2.15. The van der Waals surface area contributed by atoms with E-state index in [0.29, 0.717) is 15.5 Å². The molecule has 1 unspecified atom stereocenters. The molecule has 0 bridgehead atoms. The number of rotatable bonds is 4. The standard InChI is InChI=1S/C23H19Cl2N3O7/c1-3-34-21(32)27-19(30)23(28(20(27)31)22(33)35-4-2)14-7-5-6-8-17(14)26(18(23)29)12-13-9-10-15(24)16(25)11-13/h5-11H,3-4,12H2,1-2H3. The Morgan fingerprint density at radius 2 is 1.54 bits per heavy atom. The Morgan fingerprint density at radius 1 is 0.886 bits per heavy atom. The lowest BCUT2D eigenvalue weighted by atomic mass is 9.90. The number of ether oxygens (including phenoxy) is 2. The van der Waals surface area contributed by atoms with Crippen LogP contribution in [0, 0.1) is 0 Å². The molecule has 2 aromatic rings. The molecule has 0 radical (unpaired) electrons. The van der Waals surface area contributed by atoms with Gasteiger partial charge < -0.3 is 14.4 Å². The third kappa shape index (κ3) is 3.60. The molecule has 2 aliphatic heterocycles. The number of fused-ring (bicyclic) bond motifs is 2. The molecule has 1 atom stereocenters. The summed E-state index contributed by atoms with van der Waals surface area (Å²) in [7, 11) is 0. The van der Waals surface area contributed by atoms with Crippen molar-refractivity contribution in [2.24, 2.45) is 0 Å². The SMILES string of the molecule is CCOC(=O)N1C(=O)N(C(=O)OCC)C2(C1=O)C(=O)N(Cc1ccc(Cl)c(Cl)c1)c1ccccc12. The van der Waals surface area contributed by atoms with E-state index in [-0.39, 0.29) is 40.9 Å². The third-order valence-electron chi connectivity index (χ3n) is 5.60. The van der Waals surface area contributed by atoms with Crippen molar-refractivity contribution in [3.63, 3.8) is 0 Å². The van der Waals surface area contributed by atoms with Gasteiger partial charge in [0.2, 0.25) is 5.54 Å². The van der Waals surface area contributed by atoms with Crippen molar-refractivity contribution in [1.29, 1.82) is 0 Å². The Morgan fingerprint density at radius 3 is 2.20 bits per heavy atom. The molecule has 6 amide bonds. The Kier molecular flexibility index (Phi) is 6.44. The number of hydrogen-bond donors (Lipinski definition) is 0. The molecule has 0 saturated carbocycles. The molecule has 1 fully saturated rings. The van der Waals surface area contributed by atoms with E-state index in [1.807, 2.05) is 0 Å². The van der Waals surface area contributed by atoms with Gasteiger partial charge in [-0.2, -0.15) is 9.80 Å². The molecule has 35 heavy (non-hydrogen) atoms. The molecular formula is C23H19Cl2N3O7. The van der Waals surface area contributed by atoms with Crippen LogP contribution in [-0.4, -0.2) is 53.0 Å². The van der Waals surface area contributed by atoms with Crippen molar-refractivity contribution in [3.05, 3.63) is 63.6 Å². The molecule has 1 saturated heterocycles.